The highest BCUT2D eigenvalue weighted by atomic mass is 32.2. The Morgan fingerprint density at radius 2 is 1.51 bits per heavy atom. The molecule has 3 nitrogen and oxygen atoms in total. The van der Waals surface area contributed by atoms with E-state index in [1.165, 1.54) is 94.6 Å². The van der Waals surface area contributed by atoms with Crippen LogP contribution in [0.25, 0.3) is 0 Å². The number of hydrogen-bond acceptors (Lipinski definition) is 4. The lowest BCUT2D eigenvalue weighted by Gasteiger charge is -2.57. The van der Waals surface area contributed by atoms with Crippen molar-refractivity contribution in [3.05, 3.63) is 90.0 Å². The SMILES string of the molecule is CSNc1cc2c(cc1C)B1c3ccccc3N(c3ccccc3)c3cc(C45CC6CC(CC(C6)C4)C5)cc(c31)N2. The zero-order chi connectivity index (χ0) is 27.3. The Bertz CT molecular complexity index is 1660. The lowest BCUT2D eigenvalue weighted by atomic mass is 9.33. The van der Waals surface area contributed by atoms with Crippen LogP contribution in [0.5, 0.6) is 0 Å². The summed E-state index contributed by atoms with van der Waals surface area (Å²) in [5.74, 6) is 2.76. The third kappa shape index (κ3) is 3.54. The first-order chi connectivity index (χ1) is 20.1. The van der Waals surface area contributed by atoms with Gasteiger partial charge in [0.25, 0.3) is 6.71 Å². The molecular weight excluding hydrogens is 517 g/mol. The summed E-state index contributed by atoms with van der Waals surface area (Å²) in [7, 11) is 0. The quantitative estimate of drug-likeness (QED) is 0.175. The molecule has 5 heteroatoms. The molecule has 4 aromatic carbocycles. The minimum atomic E-state index is 0.208. The first-order valence-corrected chi connectivity index (χ1v) is 16.7. The van der Waals surface area contributed by atoms with Crippen molar-refractivity contribution in [1.29, 1.82) is 0 Å². The largest absolute Gasteiger partial charge is 0.356 e. The summed E-state index contributed by atoms with van der Waals surface area (Å²) in [6.07, 6.45) is 10.6. The summed E-state index contributed by atoms with van der Waals surface area (Å²) in [5.41, 5.74) is 15.0. The predicted molar refractivity (Wildman–Crippen MR) is 177 cm³/mol. The van der Waals surface area contributed by atoms with E-state index in [1.54, 1.807) is 17.5 Å². The second kappa shape index (κ2) is 8.85. The molecule has 2 N–H and O–H groups in total. The first kappa shape index (κ1) is 24.3. The van der Waals surface area contributed by atoms with Crippen LogP contribution in [0.4, 0.5) is 34.1 Å². The number of rotatable bonds is 4. The molecule has 4 saturated carbocycles. The fourth-order valence-corrected chi connectivity index (χ4v) is 10.3. The Morgan fingerprint density at radius 3 is 2.24 bits per heavy atom. The van der Waals surface area contributed by atoms with E-state index in [2.05, 4.69) is 107 Å². The molecule has 0 amide bonds. The van der Waals surface area contributed by atoms with E-state index >= 15 is 0 Å². The van der Waals surface area contributed by atoms with Crippen molar-refractivity contribution in [2.75, 3.05) is 21.2 Å². The predicted octanol–water partition coefficient (Wildman–Crippen LogP) is 7.51. The summed E-state index contributed by atoms with van der Waals surface area (Å²) in [6, 6.07) is 30.1. The molecule has 4 fully saturated rings. The van der Waals surface area contributed by atoms with Crippen molar-refractivity contribution in [2.24, 2.45) is 17.8 Å². The number of benzene rings is 4. The van der Waals surface area contributed by atoms with E-state index in [9.17, 15) is 0 Å². The van der Waals surface area contributed by atoms with Gasteiger partial charge in [-0.2, -0.15) is 0 Å². The van der Waals surface area contributed by atoms with Gasteiger partial charge in [-0.15, -0.1) is 0 Å². The van der Waals surface area contributed by atoms with Crippen molar-refractivity contribution in [3.8, 4) is 0 Å². The topological polar surface area (TPSA) is 27.3 Å². The average molecular weight is 554 g/mol. The van der Waals surface area contributed by atoms with Crippen molar-refractivity contribution >= 4 is 69.2 Å². The lowest BCUT2D eigenvalue weighted by Crippen LogP contribution is -2.60. The number of hydrogen-bond donors (Lipinski definition) is 2. The van der Waals surface area contributed by atoms with Crippen LogP contribution < -0.4 is 31.3 Å². The van der Waals surface area contributed by atoms with Gasteiger partial charge in [0.2, 0.25) is 0 Å². The summed E-state index contributed by atoms with van der Waals surface area (Å²) >= 11 is 1.66. The monoisotopic (exact) mass is 553 g/mol. The minimum Gasteiger partial charge on any atom is -0.356 e. The maximum atomic E-state index is 4.00. The van der Waals surface area contributed by atoms with Crippen molar-refractivity contribution in [2.45, 2.75) is 50.9 Å². The van der Waals surface area contributed by atoms with Gasteiger partial charge in [0, 0.05) is 40.4 Å². The highest BCUT2D eigenvalue weighted by Gasteiger charge is 2.52. The van der Waals surface area contributed by atoms with Crippen LogP contribution in [0, 0.1) is 24.7 Å². The third-order valence-electron chi connectivity index (χ3n) is 11.0. The van der Waals surface area contributed by atoms with E-state index in [-0.39, 0.29) is 6.71 Å². The Morgan fingerprint density at radius 1 is 0.805 bits per heavy atom. The molecule has 0 radical (unpaired) electrons. The van der Waals surface area contributed by atoms with Gasteiger partial charge in [0.1, 0.15) is 0 Å². The number of fused-ring (bicyclic) bond motifs is 4. The summed E-state index contributed by atoms with van der Waals surface area (Å²) in [4.78, 5) is 2.55. The van der Waals surface area contributed by atoms with Gasteiger partial charge in [-0.3, -0.25) is 0 Å². The summed E-state index contributed by atoms with van der Waals surface area (Å²) < 4.78 is 3.52. The highest BCUT2D eigenvalue weighted by Crippen LogP contribution is 2.61. The molecule has 4 bridgehead atoms. The zero-order valence-electron chi connectivity index (χ0n) is 23.9. The van der Waals surface area contributed by atoms with E-state index in [4.69, 9.17) is 0 Å². The van der Waals surface area contributed by atoms with Gasteiger partial charge in [-0.1, -0.05) is 54.4 Å². The molecule has 0 aromatic heterocycles. The van der Waals surface area contributed by atoms with Crippen LogP contribution in [-0.4, -0.2) is 13.0 Å². The average Bonchev–Trinajstić information content (AvgIpc) is 2.97. The first-order valence-electron chi connectivity index (χ1n) is 15.4. The Kier molecular flexibility index (Phi) is 5.25. The molecular formula is C36H36BN3S. The molecule has 6 aliphatic rings. The maximum absolute atomic E-state index is 4.00. The van der Waals surface area contributed by atoms with Gasteiger partial charge < -0.3 is 14.9 Å². The molecule has 0 unspecified atom stereocenters. The fraction of sp³-hybridized carbons (Fsp3) is 0.333. The minimum absolute atomic E-state index is 0.208. The Labute approximate surface area is 248 Å². The van der Waals surface area contributed by atoms with Crippen molar-refractivity contribution < 1.29 is 0 Å². The van der Waals surface area contributed by atoms with Crippen LogP contribution >= 0.6 is 11.9 Å². The number of nitrogens with one attached hydrogen (secondary N) is 2. The molecule has 0 saturated heterocycles. The molecule has 0 spiro atoms. The van der Waals surface area contributed by atoms with Gasteiger partial charge in [-0.05, 0) is 133 Å². The fourth-order valence-electron chi connectivity index (χ4n) is 9.84. The van der Waals surface area contributed by atoms with E-state index in [1.807, 2.05) is 0 Å². The summed E-state index contributed by atoms with van der Waals surface area (Å²) in [6.45, 7) is 2.44. The van der Waals surface area contributed by atoms with Gasteiger partial charge in [0.05, 0.1) is 0 Å². The van der Waals surface area contributed by atoms with Crippen LogP contribution in [0.1, 0.15) is 49.7 Å². The van der Waals surface area contributed by atoms with Crippen LogP contribution in [-0.2, 0) is 5.41 Å². The third-order valence-corrected chi connectivity index (χ3v) is 11.5. The second-order valence-corrected chi connectivity index (χ2v) is 14.1. The molecule has 2 aliphatic heterocycles. The maximum Gasteiger partial charge on any atom is 0.252 e. The number of aryl methyl sites for hydroxylation is 1. The highest BCUT2D eigenvalue weighted by molar-refractivity contribution is 7.99. The summed E-state index contributed by atoms with van der Waals surface area (Å²) in [5, 5.41) is 4.00. The Balaban J connectivity index is 1.31. The van der Waals surface area contributed by atoms with Crippen LogP contribution in [0.2, 0.25) is 0 Å². The van der Waals surface area contributed by atoms with Crippen LogP contribution in [0.15, 0.2) is 78.9 Å². The molecule has 204 valence electrons. The molecule has 4 aliphatic carbocycles. The van der Waals surface area contributed by atoms with Gasteiger partial charge in [-0.25, -0.2) is 0 Å². The van der Waals surface area contributed by atoms with Gasteiger partial charge in [0.15, 0.2) is 0 Å². The number of para-hydroxylation sites is 2. The van der Waals surface area contributed by atoms with E-state index in [0.29, 0.717) is 5.41 Å². The Hall–Kier alpha value is -3.31. The standard InChI is InChI=1S/C36H36BN3S/c1-22-12-29-31(18-30(22)39-41-2)38-32-16-26(36-19-23-13-24(20-36)15-25(14-23)21-36)17-34-35(32)37(29)28-10-6-7-11-33(28)40(34)27-8-4-3-5-9-27/h3-12,16-18,23-25,38-39H,13-15,19-21H2,1-2H3. The lowest BCUT2D eigenvalue weighted by molar-refractivity contribution is -0.00513. The molecule has 10 rings (SSSR count). The zero-order valence-corrected chi connectivity index (χ0v) is 24.7. The van der Waals surface area contributed by atoms with Gasteiger partial charge >= 0.3 is 0 Å². The van der Waals surface area contributed by atoms with Crippen molar-refractivity contribution in [3.63, 3.8) is 0 Å². The van der Waals surface area contributed by atoms with E-state index < -0.39 is 0 Å². The normalized spacial score (nSPS) is 26.2. The second-order valence-electron chi connectivity index (χ2n) is 13.5. The smallest absolute Gasteiger partial charge is 0.252 e. The molecule has 2 heterocycles. The molecule has 4 aromatic rings. The van der Waals surface area contributed by atoms with E-state index in [0.717, 1.165) is 17.8 Å². The number of anilines is 6. The molecule has 41 heavy (non-hydrogen) atoms. The molecule has 0 atom stereocenters. The number of nitrogens with zero attached hydrogens (tertiary/aromatic N) is 1. The van der Waals surface area contributed by atoms with Crippen LogP contribution in [0.3, 0.4) is 0 Å². The van der Waals surface area contributed by atoms with Crippen molar-refractivity contribution in [1.82, 2.24) is 0 Å².